The minimum absolute atomic E-state index is 0.513. The van der Waals surface area contributed by atoms with Gasteiger partial charge in [-0.2, -0.15) is 0 Å². The fourth-order valence-electron chi connectivity index (χ4n) is 1.72. The Balaban J connectivity index is 2.05. The number of H-pyrrole nitrogens is 1. The van der Waals surface area contributed by atoms with Crippen molar-refractivity contribution in [1.82, 2.24) is 9.97 Å². The van der Waals surface area contributed by atoms with Crippen LogP contribution in [-0.2, 0) is 0 Å². The van der Waals surface area contributed by atoms with E-state index in [9.17, 15) is 0 Å². The van der Waals surface area contributed by atoms with Crippen molar-refractivity contribution >= 4 is 33.3 Å². The molecule has 0 saturated carbocycles. The third kappa shape index (κ3) is 3.89. The SMILES string of the molecule is CCN(CCBr)c1ccc(/N=N/c2ncc[nH]2)cc1. The highest BCUT2D eigenvalue weighted by atomic mass is 79.9. The van der Waals surface area contributed by atoms with Gasteiger partial charge in [0, 0.05) is 36.5 Å². The van der Waals surface area contributed by atoms with Crippen molar-refractivity contribution in [3.8, 4) is 0 Å². The van der Waals surface area contributed by atoms with Gasteiger partial charge in [-0.05, 0) is 31.2 Å². The highest BCUT2D eigenvalue weighted by molar-refractivity contribution is 9.09. The summed E-state index contributed by atoms with van der Waals surface area (Å²) in [6.45, 7) is 4.12. The number of halogens is 1. The zero-order valence-corrected chi connectivity index (χ0v) is 12.3. The summed E-state index contributed by atoms with van der Waals surface area (Å²) in [6, 6.07) is 8.03. The van der Waals surface area contributed by atoms with E-state index < -0.39 is 0 Å². The van der Waals surface area contributed by atoms with Crippen LogP contribution in [0.2, 0.25) is 0 Å². The van der Waals surface area contributed by atoms with E-state index in [-0.39, 0.29) is 0 Å². The van der Waals surface area contributed by atoms with Crippen molar-refractivity contribution in [1.29, 1.82) is 0 Å². The molecule has 0 bridgehead atoms. The Labute approximate surface area is 120 Å². The van der Waals surface area contributed by atoms with E-state index in [4.69, 9.17) is 0 Å². The minimum atomic E-state index is 0.513. The molecule has 6 heteroatoms. The number of aromatic nitrogens is 2. The van der Waals surface area contributed by atoms with Crippen LogP contribution in [0.4, 0.5) is 17.3 Å². The quantitative estimate of drug-likeness (QED) is 0.644. The number of azo groups is 1. The van der Waals surface area contributed by atoms with Gasteiger partial charge >= 0.3 is 0 Å². The van der Waals surface area contributed by atoms with Gasteiger partial charge < -0.3 is 9.88 Å². The molecule has 0 atom stereocenters. The van der Waals surface area contributed by atoms with E-state index in [0.29, 0.717) is 5.95 Å². The van der Waals surface area contributed by atoms with Gasteiger partial charge in [0.25, 0.3) is 0 Å². The van der Waals surface area contributed by atoms with Crippen LogP contribution in [0.25, 0.3) is 0 Å². The van der Waals surface area contributed by atoms with Gasteiger partial charge in [0.2, 0.25) is 5.95 Å². The van der Waals surface area contributed by atoms with Crippen LogP contribution in [0.1, 0.15) is 6.92 Å². The number of anilines is 1. The molecular weight excluding hydrogens is 306 g/mol. The molecule has 0 fully saturated rings. The second-order valence-electron chi connectivity index (χ2n) is 3.90. The van der Waals surface area contributed by atoms with Crippen molar-refractivity contribution < 1.29 is 0 Å². The van der Waals surface area contributed by atoms with E-state index in [1.807, 2.05) is 12.1 Å². The maximum Gasteiger partial charge on any atom is 0.246 e. The van der Waals surface area contributed by atoms with Crippen molar-refractivity contribution in [3.63, 3.8) is 0 Å². The standard InChI is InChI=1S/C13H16BrN5/c1-2-19(10-7-14)12-5-3-11(4-6-12)17-18-13-15-8-9-16-13/h3-6,8-9H,2,7,10H2,1H3,(H,15,16)/b18-17+. The average molecular weight is 322 g/mol. The fourth-order valence-corrected chi connectivity index (χ4v) is 2.15. The molecule has 0 radical (unpaired) electrons. The van der Waals surface area contributed by atoms with Crippen molar-refractivity contribution in [3.05, 3.63) is 36.7 Å². The first-order chi connectivity index (χ1) is 9.33. The van der Waals surface area contributed by atoms with Crippen molar-refractivity contribution in [2.24, 2.45) is 10.2 Å². The summed E-state index contributed by atoms with van der Waals surface area (Å²) in [5, 5.41) is 9.09. The van der Waals surface area contributed by atoms with Gasteiger partial charge in [0.05, 0.1) is 5.69 Å². The molecule has 100 valence electrons. The molecule has 2 rings (SSSR count). The van der Waals surface area contributed by atoms with Gasteiger partial charge in [-0.15, -0.1) is 10.2 Å². The summed E-state index contributed by atoms with van der Waals surface area (Å²) in [5.41, 5.74) is 2.01. The molecule has 1 heterocycles. The predicted octanol–water partition coefficient (Wildman–Crippen LogP) is 4.05. The maximum absolute atomic E-state index is 4.12. The Bertz CT molecular complexity index is 506. The third-order valence-corrected chi connectivity index (χ3v) is 3.05. The molecule has 0 saturated heterocycles. The van der Waals surface area contributed by atoms with Gasteiger partial charge in [0.1, 0.15) is 0 Å². The number of nitrogens with one attached hydrogen (secondary N) is 1. The predicted molar refractivity (Wildman–Crippen MR) is 80.9 cm³/mol. The first-order valence-electron chi connectivity index (χ1n) is 6.15. The summed E-state index contributed by atoms with van der Waals surface area (Å²) in [6.07, 6.45) is 3.37. The Hall–Kier alpha value is -1.69. The first kappa shape index (κ1) is 13.7. The monoisotopic (exact) mass is 321 g/mol. The molecular formula is C13H16BrN5. The highest BCUT2D eigenvalue weighted by Gasteiger charge is 2.02. The zero-order valence-electron chi connectivity index (χ0n) is 10.8. The number of nitrogens with zero attached hydrogens (tertiary/aromatic N) is 4. The Morgan fingerprint density at radius 3 is 2.63 bits per heavy atom. The molecule has 1 aromatic heterocycles. The number of benzene rings is 1. The molecule has 1 N–H and O–H groups in total. The van der Waals surface area contributed by atoms with Crippen molar-refractivity contribution in [2.45, 2.75) is 6.92 Å². The van der Waals surface area contributed by atoms with Crippen LogP contribution < -0.4 is 4.90 Å². The molecule has 1 aromatic carbocycles. The largest absolute Gasteiger partial charge is 0.371 e. The summed E-state index contributed by atoms with van der Waals surface area (Å²) in [7, 11) is 0. The normalized spacial score (nSPS) is 11.1. The molecule has 0 unspecified atom stereocenters. The molecule has 0 spiro atoms. The summed E-state index contributed by atoms with van der Waals surface area (Å²) in [5.74, 6) is 0.513. The average Bonchev–Trinajstić information content (AvgIpc) is 2.96. The third-order valence-electron chi connectivity index (χ3n) is 2.69. The van der Waals surface area contributed by atoms with Gasteiger partial charge in [-0.3, -0.25) is 0 Å². The Kier molecular flexibility index (Phi) is 5.09. The van der Waals surface area contributed by atoms with Crippen LogP contribution in [0.5, 0.6) is 0 Å². The fraction of sp³-hybridized carbons (Fsp3) is 0.308. The topological polar surface area (TPSA) is 56.6 Å². The van der Waals surface area contributed by atoms with Crippen LogP contribution >= 0.6 is 15.9 Å². The lowest BCUT2D eigenvalue weighted by Crippen LogP contribution is -2.24. The minimum Gasteiger partial charge on any atom is -0.371 e. The van der Waals surface area contributed by atoms with E-state index >= 15 is 0 Å². The molecule has 0 aliphatic rings. The number of alkyl halides is 1. The summed E-state index contributed by atoms with van der Waals surface area (Å²) in [4.78, 5) is 9.16. The van der Waals surface area contributed by atoms with Gasteiger partial charge in [0.15, 0.2) is 0 Å². The van der Waals surface area contributed by atoms with E-state index in [0.717, 1.165) is 24.1 Å². The summed E-state index contributed by atoms with van der Waals surface area (Å²) < 4.78 is 0. The number of hydrogen-bond donors (Lipinski definition) is 1. The Morgan fingerprint density at radius 1 is 1.26 bits per heavy atom. The van der Waals surface area contributed by atoms with Crippen molar-refractivity contribution in [2.75, 3.05) is 23.3 Å². The van der Waals surface area contributed by atoms with E-state index in [2.05, 4.69) is 60.1 Å². The maximum atomic E-state index is 4.12. The smallest absolute Gasteiger partial charge is 0.246 e. The first-order valence-corrected chi connectivity index (χ1v) is 7.27. The number of hydrogen-bond acceptors (Lipinski definition) is 4. The number of imidazole rings is 1. The summed E-state index contributed by atoms with van der Waals surface area (Å²) >= 11 is 3.46. The zero-order chi connectivity index (χ0) is 13.5. The molecule has 0 aliphatic carbocycles. The molecule has 0 aliphatic heterocycles. The molecule has 0 amide bonds. The van der Waals surface area contributed by atoms with Gasteiger partial charge in [-0.1, -0.05) is 15.9 Å². The van der Waals surface area contributed by atoms with Crippen LogP contribution in [0.15, 0.2) is 46.9 Å². The van der Waals surface area contributed by atoms with E-state index in [1.165, 1.54) is 5.69 Å². The highest BCUT2D eigenvalue weighted by Crippen LogP contribution is 2.21. The molecule has 2 aromatic rings. The Morgan fingerprint density at radius 2 is 2.05 bits per heavy atom. The second kappa shape index (κ2) is 7.04. The van der Waals surface area contributed by atoms with E-state index in [1.54, 1.807) is 12.4 Å². The van der Waals surface area contributed by atoms with Gasteiger partial charge in [-0.25, -0.2) is 4.98 Å². The van der Waals surface area contributed by atoms with Crippen LogP contribution in [0.3, 0.4) is 0 Å². The molecule has 19 heavy (non-hydrogen) atoms. The number of aromatic amines is 1. The molecule has 5 nitrogen and oxygen atoms in total. The second-order valence-corrected chi connectivity index (χ2v) is 4.69. The lowest BCUT2D eigenvalue weighted by atomic mass is 10.2. The lowest BCUT2D eigenvalue weighted by Gasteiger charge is -2.21. The lowest BCUT2D eigenvalue weighted by molar-refractivity contribution is 0.875. The van der Waals surface area contributed by atoms with Crippen LogP contribution in [0, 0.1) is 0 Å². The number of rotatable bonds is 6. The van der Waals surface area contributed by atoms with Crippen LogP contribution in [-0.4, -0.2) is 28.4 Å².